The molecule has 2 aromatic rings. The SMILES string of the molecule is CC1CCN(CC(O)CNCc2cn[nH]c2-c2ccc(F)cc2)CC1. The normalized spacial score (nSPS) is 17.7. The Labute approximate surface area is 148 Å². The Balaban J connectivity index is 1.46. The molecule has 136 valence electrons. The highest BCUT2D eigenvalue weighted by atomic mass is 19.1. The van der Waals surface area contributed by atoms with Crippen LogP contribution in [-0.2, 0) is 6.54 Å². The Hall–Kier alpha value is -1.76. The van der Waals surface area contributed by atoms with E-state index in [1.807, 2.05) is 0 Å². The molecule has 25 heavy (non-hydrogen) atoms. The van der Waals surface area contributed by atoms with Crippen LogP contribution in [0, 0.1) is 11.7 Å². The highest BCUT2D eigenvalue weighted by molar-refractivity contribution is 5.62. The minimum absolute atomic E-state index is 0.252. The molecule has 1 unspecified atom stereocenters. The average Bonchev–Trinajstić information content (AvgIpc) is 3.06. The van der Waals surface area contributed by atoms with Gasteiger partial charge in [-0.15, -0.1) is 0 Å². The summed E-state index contributed by atoms with van der Waals surface area (Å²) in [5.41, 5.74) is 2.79. The molecule has 6 heteroatoms. The number of nitrogens with one attached hydrogen (secondary N) is 2. The topological polar surface area (TPSA) is 64.2 Å². The van der Waals surface area contributed by atoms with E-state index in [0.717, 1.165) is 42.4 Å². The summed E-state index contributed by atoms with van der Waals surface area (Å²) in [4.78, 5) is 2.34. The van der Waals surface area contributed by atoms with Gasteiger partial charge in [0, 0.05) is 30.8 Å². The van der Waals surface area contributed by atoms with E-state index in [2.05, 4.69) is 27.3 Å². The summed E-state index contributed by atoms with van der Waals surface area (Å²) in [6.45, 7) is 6.32. The third-order valence-corrected chi connectivity index (χ3v) is 4.89. The molecule has 0 bridgehead atoms. The van der Waals surface area contributed by atoms with Gasteiger partial charge in [-0.3, -0.25) is 5.10 Å². The predicted molar refractivity (Wildman–Crippen MR) is 96.5 cm³/mol. The minimum atomic E-state index is -0.380. The first-order valence-corrected chi connectivity index (χ1v) is 9.01. The van der Waals surface area contributed by atoms with Crippen molar-refractivity contribution >= 4 is 0 Å². The maximum absolute atomic E-state index is 13.1. The molecule has 1 aromatic carbocycles. The third-order valence-electron chi connectivity index (χ3n) is 4.89. The van der Waals surface area contributed by atoms with Crippen molar-refractivity contribution in [2.75, 3.05) is 26.2 Å². The second-order valence-electron chi connectivity index (χ2n) is 7.04. The summed E-state index contributed by atoms with van der Waals surface area (Å²) in [7, 11) is 0. The maximum Gasteiger partial charge on any atom is 0.123 e. The number of aliphatic hydroxyl groups excluding tert-OH is 1. The molecule has 5 nitrogen and oxygen atoms in total. The van der Waals surface area contributed by atoms with Gasteiger partial charge in [0.2, 0.25) is 0 Å². The van der Waals surface area contributed by atoms with Crippen molar-refractivity contribution in [2.45, 2.75) is 32.4 Å². The van der Waals surface area contributed by atoms with Crippen LogP contribution in [-0.4, -0.2) is 52.5 Å². The lowest BCUT2D eigenvalue weighted by Gasteiger charge is -2.31. The van der Waals surface area contributed by atoms with Crippen LogP contribution < -0.4 is 5.32 Å². The van der Waals surface area contributed by atoms with Gasteiger partial charge < -0.3 is 15.3 Å². The van der Waals surface area contributed by atoms with Gasteiger partial charge in [-0.25, -0.2) is 4.39 Å². The highest BCUT2D eigenvalue weighted by Crippen LogP contribution is 2.21. The van der Waals surface area contributed by atoms with Gasteiger partial charge in [-0.2, -0.15) is 5.10 Å². The fraction of sp³-hybridized carbons (Fsp3) is 0.526. The van der Waals surface area contributed by atoms with E-state index in [0.29, 0.717) is 13.1 Å². The van der Waals surface area contributed by atoms with Gasteiger partial charge >= 0.3 is 0 Å². The molecule has 0 aliphatic carbocycles. The molecule has 1 fully saturated rings. The van der Waals surface area contributed by atoms with Gasteiger partial charge in [0.1, 0.15) is 5.82 Å². The second-order valence-corrected chi connectivity index (χ2v) is 7.04. The number of hydrogen-bond donors (Lipinski definition) is 3. The Kier molecular flexibility index (Phi) is 6.18. The zero-order chi connectivity index (χ0) is 17.6. The van der Waals surface area contributed by atoms with Crippen LogP contribution in [0.15, 0.2) is 30.5 Å². The lowest BCUT2D eigenvalue weighted by molar-refractivity contribution is 0.0907. The number of halogens is 1. The molecule has 3 N–H and O–H groups in total. The molecule has 2 heterocycles. The minimum Gasteiger partial charge on any atom is -0.390 e. The zero-order valence-electron chi connectivity index (χ0n) is 14.7. The van der Waals surface area contributed by atoms with Crippen LogP contribution in [0.2, 0.25) is 0 Å². The number of nitrogens with zero attached hydrogens (tertiary/aromatic N) is 2. The van der Waals surface area contributed by atoms with Crippen LogP contribution in [0.4, 0.5) is 4.39 Å². The van der Waals surface area contributed by atoms with Crippen LogP contribution in [0.1, 0.15) is 25.3 Å². The molecule has 0 radical (unpaired) electrons. The fourth-order valence-electron chi connectivity index (χ4n) is 3.29. The van der Waals surface area contributed by atoms with Crippen molar-refractivity contribution in [2.24, 2.45) is 5.92 Å². The average molecular weight is 346 g/mol. The molecule has 1 aliphatic heterocycles. The number of rotatable bonds is 7. The van der Waals surface area contributed by atoms with E-state index >= 15 is 0 Å². The monoisotopic (exact) mass is 346 g/mol. The number of aromatic amines is 1. The van der Waals surface area contributed by atoms with Crippen molar-refractivity contribution < 1.29 is 9.50 Å². The zero-order valence-corrected chi connectivity index (χ0v) is 14.7. The van der Waals surface area contributed by atoms with Crippen molar-refractivity contribution in [3.63, 3.8) is 0 Å². The van der Waals surface area contributed by atoms with Crippen LogP contribution in [0.5, 0.6) is 0 Å². The molecular weight excluding hydrogens is 319 g/mol. The summed E-state index contributed by atoms with van der Waals surface area (Å²) < 4.78 is 13.1. The van der Waals surface area contributed by atoms with Gasteiger partial charge in [0.05, 0.1) is 18.0 Å². The molecule has 1 saturated heterocycles. The summed E-state index contributed by atoms with van der Waals surface area (Å²) in [6, 6.07) is 6.35. The van der Waals surface area contributed by atoms with Crippen LogP contribution in [0.3, 0.4) is 0 Å². The summed E-state index contributed by atoms with van der Waals surface area (Å²) in [6.07, 6.45) is 3.82. The van der Waals surface area contributed by atoms with Crippen molar-refractivity contribution in [1.82, 2.24) is 20.4 Å². The molecule has 1 aromatic heterocycles. The molecule has 1 atom stereocenters. The smallest absolute Gasteiger partial charge is 0.123 e. The third kappa shape index (κ3) is 5.11. The van der Waals surface area contributed by atoms with E-state index in [9.17, 15) is 9.50 Å². The number of β-amino-alcohol motifs (C(OH)–C–C–N with tert-alkyl or cyclic N) is 1. The largest absolute Gasteiger partial charge is 0.390 e. The first-order chi connectivity index (χ1) is 12.1. The van der Waals surface area contributed by atoms with Crippen molar-refractivity contribution in [3.8, 4) is 11.3 Å². The molecular formula is C19H27FN4O. The number of likely N-dealkylation sites (tertiary alicyclic amines) is 1. The van der Waals surface area contributed by atoms with Crippen molar-refractivity contribution in [3.05, 3.63) is 41.8 Å². The van der Waals surface area contributed by atoms with Gasteiger partial charge in [0.15, 0.2) is 0 Å². The molecule has 0 saturated carbocycles. The lowest BCUT2D eigenvalue weighted by Crippen LogP contribution is -2.41. The number of aromatic nitrogens is 2. The standard InChI is InChI=1S/C19H27FN4O/c1-14-6-8-24(9-7-14)13-18(25)12-21-10-16-11-22-23-19(16)15-2-4-17(20)5-3-15/h2-5,11,14,18,21,25H,6-10,12-13H2,1H3,(H,22,23). The molecule has 3 rings (SSSR count). The van der Waals surface area contributed by atoms with Crippen LogP contribution >= 0.6 is 0 Å². The Morgan fingerprint density at radius 3 is 2.76 bits per heavy atom. The Morgan fingerprint density at radius 1 is 1.32 bits per heavy atom. The van der Waals surface area contributed by atoms with E-state index < -0.39 is 0 Å². The van der Waals surface area contributed by atoms with Gasteiger partial charge in [0.25, 0.3) is 0 Å². The van der Waals surface area contributed by atoms with E-state index in [4.69, 9.17) is 0 Å². The number of benzene rings is 1. The lowest BCUT2D eigenvalue weighted by atomic mass is 9.99. The molecule has 0 spiro atoms. The van der Waals surface area contributed by atoms with E-state index in [-0.39, 0.29) is 11.9 Å². The summed E-state index contributed by atoms with van der Waals surface area (Å²) in [5.74, 6) is 0.552. The summed E-state index contributed by atoms with van der Waals surface area (Å²) in [5, 5.41) is 20.6. The second kappa shape index (κ2) is 8.56. The van der Waals surface area contributed by atoms with Crippen LogP contribution in [0.25, 0.3) is 11.3 Å². The first kappa shape index (κ1) is 18.0. The molecule has 1 aliphatic rings. The quantitative estimate of drug-likeness (QED) is 0.720. The Bertz CT molecular complexity index is 650. The van der Waals surface area contributed by atoms with Gasteiger partial charge in [-0.1, -0.05) is 6.92 Å². The number of aliphatic hydroxyl groups is 1. The maximum atomic E-state index is 13.1. The number of H-pyrrole nitrogens is 1. The van der Waals surface area contributed by atoms with Gasteiger partial charge in [-0.05, 0) is 56.1 Å². The van der Waals surface area contributed by atoms with Crippen molar-refractivity contribution in [1.29, 1.82) is 0 Å². The number of hydrogen-bond acceptors (Lipinski definition) is 4. The van der Waals surface area contributed by atoms with E-state index in [1.165, 1.54) is 25.0 Å². The van der Waals surface area contributed by atoms with E-state index in [1.54, 1.807) is 18.3 Å². The first-order valence-electron chi connectivity index (χ1n) is 9.01. The number of piperidine rings is 1. The fourth-order valence-corrected chi connectivity index (χ4v) is 3.29. The molecule has 0 amide bonds. The highest BCUT2D eigenvalue weighted by Gasteiger charge is 2.18. The predicted octanol–water partition coefficient (Wildman–Crippen LogP) is 2.40. The summed E-state index contributed by atoms with van der Waals surface area (Å²) >= 11 is 0. The Morgan fingerprint density at radius 2 is 2.04 bits per heavy atom.